The Morgan fingerprint density at radius 1 is 1.07 bits per heavy atom. The molecule has 1 aliphatic heterocycles. The Morgan fingerprint density at radius 3 is 2.60 bits per heavy atom. The highest BCUT2D eigenvalue weighted by Crippen LogP contribution is 2.33. The van der Waals surface area contributed by atoms with E-state index in [-0.39, 0.29) is 11.8 Å². The van der Waals surface area contributed by atoms with Gasteiger partial charge in [0.05, 0.1) is 6.20 Å². The first-order valence-electron chi connectivity index (χ1n) is 10.6. The summed E-state index contributed by atoms with van der Waals surface area (Å²) in [5.41, 5.74) is 0.959. The number of carbonyl (C=O) groups excluding carboxylic acids is 1. The van der Waals surface area contributed by atoms with E-state index in [1.807, 2.05) is 31.2 Å². The second kappa shape index (κ2) is 7.81. The maximum atomic E-state index is 12.7. The lowest BCUT2D eigenvalue weighted by atomic mass is 9.78. The van der Waals surface area contributed by atoms with Gasteiger partial charge in [-0.1, -0.05) is 12.1 Å². The van der Waals surface area contributed by atoms with Gasteiger partial charge in [0, 0.05) is 62.2 Å². The van der Waals surface area contributed by atoms with Crippen LogP contribution in [0.2, 0.25) is 0 Å². The molecule has 1 saturated carbocycles. The van der Waals surface area contributed by atoms with Crippen molar-refractivity contribution in [1.82, 2.24) is 19.8 Å². The monoisotopic (exact) mass is 405 g/mol. The van der Waals surface area contributed by atoms with Crippen LogP contribution in [-0.2, 0) is 4.79 Å². The van der Waals surface area contributed by atoms with E-state index in [1.165, 1.54) is 0 Å². The second-order valence-electron chi connectivity index (χ2n) is 8.53. The standard InChI is InChI=1S/C23H27N5O2/c1-15-24-14-21(30-15)16-3-4-17-13-25-22(12-18(17)9-16)26-23(29)19-10-20(11-19)28-7-5-27(2)6-8-28/h3-4,9,12-14,19-20H,5-8,10-11H2,1-2H3,(H,25,26,29)/t19-,20-. The first-order chi connectivity index (χ1) is 14.5. The molecule has 2 aliphatic rings. The summed E-state index contributed by atoms with van der Waals surface area (Å²) in [6, 6.07) is 8.52. The minimum absolute atomic E-state index is 0.0780. The highest BCUT2D eigenvalue weighted by atomic mass is 16.4. The number of pyridine rings is 1. The van der Waals surface area contributed by atoms with Crippen molar-refractivity contribution in [3.8, 4) is 11.3 Å². The van der Waals surface area contributed by atoms with Gasteiger partial charge in [-0.2, -0.15) is 0 Å². The largest absolute Gasteiger partial charge is 0.441 e. The zero-order valence-corrected chi connectivity index (χ0v) is 17.5. The number of benzene rings is 1. The third kappa shape index (κ3) is 3.82. The van der Waals surface area contributed by atoms with Crippen molar-refractivity contribution >= 4 is 22.5 Å². The van der Waals surface area contributed by atoms with Gasteiger partial charge in [0.25, 0.3) is 0 Å². The molecule has 0 unspecified atom stereocenters. The highest BCUT2D eigenvalue weighted by Gasteiger charge is 2.38. The van der Waals surface area contributed by atoms with Gasteiger partial charge in [-0.15, -0.1) is 0 Å². The van der Waals surface area contributed by atoms with Crippen molar-refractivity contribution in [2.45, 2.75) is 25.8 Å². The summed E-state index contributed by atoms with van der Waals surface area (Å²) in [5.74, 6) is 2.13. The van der Waals surface area contributed by atoms with Gasteiger partial charge in [0.15, 0.2) is 11.7 Å². The summed E-state index contributed by atoms with van der Waals surface area (Å²) in [5, 5.41) is 5.05. The van der Waals surface area contributed by atoms with E-state index in [0.717, 1.165) is 61.1 Å². The number of fused-ring (bicyclic) bond motifs is 1. The lowest BCUT2D eigenvalue weighted by Gasteiger charge is -2.45. The van der Waals surface area contributed by atoms with E-state index in [4.69, 9.17) is 4.42 Å². The summed E-state index contributed by atoms with van der Waals surface area (Å²) in [6.07, 6.45) is 5.41. The predicted octanol–water partition coefficient (Wildman–Crippen LogP) is 3.16. The Balaban J connectivity index is 1.23. The molecule has 1 N–H and O–H groups in total. The maximum absolute atomic E-state index is 12.7. The van der Waals surface area contributed by atoms with Crippen LogP contribution in [0.15, 0.2) is 41.1 Å². The van der Waals surface area contributed by atoms with Gasteiger partial charge in [-0.25, -0.2) is 9.97 Å². The quantitative estimate of drug-likeness (QED) is 0.719. The molecule has 2 fully saturated rings. The molecule has 3 aromatic rings. The van der Waals surface area contributed by atoms with E-state index in [9.17, 15) is 4.79 Å². The fourth-order valence-corrected chi connectivity index (χ4v) is 4.37. The number of piperazine rings is 1. The van der Waals surface area contributed by atoms with Crippen LogP contribution in [-0.4, -0.2) is 64.9 Å². The van der Waals surface area contributed by atoms with Crippen LogP contribution in [0.5, 0.6) is 0 Å². The molecule has 1 aliphatic carbocycles. The number of anilines is 1. The molecule has 7 nitrogen and oxygen atoms in total. The van der Waals surface area contributed by atoms with Crippen LogP contribution in [0.3, 0.4) is 0 Å². The molecular formula is C23H27N5O2. The van der Waals surface area contributed by atoms with Crippen LogP contribution in [0.1, 0.15) is 18.7 Å². The SMILES string of the molecule is Cc1ncc(-c2ccc3cnc(NC(=O)[C@H]4C[C@H](N5CCN(C)CC5)C4)cc3c2)o1. The van der Waals surface area contributed by atoms with Crippen molar-refractivity contribution in [2.24, 2.45) is 5.92 Å². The number of carbonyl (C=O) groups is 1. The summed E-state index contributed by atoms with van der Waals surface area (Å²) < 4.78 is 5.63. The molecule has 3 heterocycles. The van der Waals surface area contributed by atoms with Crippen molar-refractivity contribution in [3.63, 3.8) is 0 Å². The van der Waals surface area contributed by atoms with Gasteiger partial charge in [0.2, 0.25) is 5.91 Å². The molecule has 1 aromatic carbocycles. The number of rotatable bonds is 4. The smallest absolute Gasteiger partial charge is 0.228 e. The Labute approximate surface area is 176 Å². The molecule has 5 rings (SSSR count). The number of aryl methyl sites for hydroxylation is 1. The number of oxazole rings is 1. The number of likely N-dealkylation sites (N-methyl/N-ethyl adjacent to an activating group) is 1. The summed E-state index contributed by atoms with van der Waals surface area (Å²) in [4.78, 5) is 26.2. The molecule has 2 aromatic heterocycles. The van der Waals surface area contributed by atoms with Crippen molar-refractivity contribution in [3.05, 3.63) is 42.5 Å². The number of hydrogen-bond acceptors (Lipinski definition) is 6. The summed E-state index contributed by atoms with van der Waals surface area (Å²) in [7, 11) is 2.17. The van der Waals surface area contributed by atoms with E-state index in [1.54, 1.807) is 12.4 Å². The minimum atomic E-state index is 0.0780. The third-order valence-corrected chi connectivity index (χ3v) is 6.42. The number of hydrogen-bond donors (Lipinski definition) is 1. The van der Waals surface area contributed by atoms with Crippen LogP contribution in [0.4, 0.5) is 5.82 Å². The molecule has 156 valence electrons. The van der Waals surface area contributed by atoms with Gasteiger partial charge in [0.1, 0.15) is 5.82 Å². The first kappa shape index (κ1) is 19.2. The molecule has 0 atom stereocenters. The number of aromatic nitrogens is 2. The molecule has 0 radical (unpaired) electrons. The minimum Gasteiger partial charge on any atom is -0.441 e. The van der Waals surface area contributed by atoms with Crippen molar-refractivity contribution < 1.29 is 9.21 Å². The molecule has 1 saturated heterocycles. The van der Waals surface area contributed by atoms with Gasteiger partial charge < -0.3 is 14.6 Å². The van der Waals surface area contributed by atoms with E-state index >= 15 is 0 Å². The predicted molar refractivity (Wildman–Crippen MR) is 116 cm³/mol. The van der Waals surface area contributed by atoms with E-state index < -0.39 is 0 Å². The summed E-state index contributed by atoms with van der Waals surface area (Å²) in [6.45, 7) is 6.27. The Bertz CT molecular complexity index is 1060. The summed E-state index contributed by atoms with van der Waals surface area (Å²) >= 11 is 0. The van der Waals surface area contributed by atoms with Gasteiger partial charge >= 0.3 is 0 Å². The Hall–Kier alpha value is -2.77. The maximum Gasteiger partial charge on any atom is 0.228 e. The van der Waals surface area contributed by atoms with Crippen molar-refractivity contribution in [1.29, 1.82) is 0 Å². The first-order valence-corrected chi connectivity index (χ1v) is 10.6. The lowest BCUT2D eigenvalue weighted by Crippen LogP contribution is -2.54. The lowest BCUT2D eigenvalue weighted by molar-refractivity contribution is -0.124. The highest BCUT2D eigenvalue weighted by molar-refractivity contribution is 5.95. The number of amides is 1. The van der Waals surface area contributed by atoms with Crippen molar-refractivity contribution in [2.75, 3.05) is 38.5 Å². The molecular weight excluding hydrogens is 378 g/mol. The van der Waals surface area contributed by atoms with Crippen LogP contribution < -0.4 is 5.32 Å². The molecule has 0 spiro atoms. The van der Waals surface area contributed by atoms with Gasteiger partial charge in [-0.05, 0) is 37.4 Å². The Kier molecular flexibility index (Phi) is 5.00. The Morgan fingerprint density at radius 2 is 1.87 bits per heavy atom. The average Bonchev–Trinajstić information content (AvgIpc) is 3.14. The zero-order chi connectivity index (χ0) is 20.7. The average molecular weight is 406 g/mol. The van der Waals surface area contributed by atoms with E-state index in [0.29, 0.717) is 17.8 Å². The fraction of sp³-hybridized carbons (Fsp3) is 0.435. The molecule has 0 bridgehead atoms. The second-order valence-corrected chi connectivity index (χ2v) is 8.53. The van der Waals surface area contributed by atoms with Crippen LogP contribution >= 0.6 is 0 Å². The van der Waals surface area contributed by atoms with Crippen LogP contribution in [0.25, 0.3) is 22.1 Å². The molecule has 1 amide bonds. The third-order valence-electron chi connectivity index (χ3n) is 6.42. The number of nitrogens with one attached hydrogen (secondary N) is 1. The molecule has 7 heteroatoms. The number of nitrogens with zero attached hydrogens (tertiary/aromatic N) is 4. The molecule has 30 heavy (non-hydrogen) atoms. The normalized spacial score (nSPS) is 22.7. The van der Waals surface area contributed by atoms with Crippen LogP contribution in [0, 0.1) is 12.8 Å². The van der Waals surface area contributed by atoms with Gasteiger partial charge in [-0.3, -0.25) is 9.69 Å². The topological polar surface area (TPSA) is 74.5 Å². The van der Waals surface area contributed by atoms with E-state index in [2.05, 4.69) is 32.1 Å². The fourth-order valence-electron chi connectivity index (χ4n) is 4.37. The zero-order valence-electron chi connectivity index (χ0n) is 17.5.